The highest BCUT2D eigenvalue weighted by molar-refractivity contribution is 5.72. The Kier molecular flexibility index (Phi) is 6.26. The highest BCUT2D eigenvalue weighted by atomic mass is 16.5. The van der Waals surface area contributed by atoms with Gasteiger partial charge in [0.2, 0.25) is 0 Å². The van der Waals surface area contributed by atoms with Gasteiger partial charge in [0.05, 0.1) is 5.92 Å². The Morgan fingerprint density at radius 2 is 2.13 bits per heavy atom. The van der Waals surface area contributed by atoms with Crippen molar-refractivity contribution in [3.63, 3.8) is 0 Å². The van der Waals surface area contributed by atoms with E-state index in [0.717, 1.165) is 19.3 Å². The smallest absolute Gasteiger partial charge is 0.308 e. The molecular weight excluding hydrogens is 284 g/mol. The van der Waals surface area contributed by atoms with Gasteiger partial charge in [0.15, 0.2) is 0 Å². The highest BCUT2D eigenvalue weighted by Gasteiger charge is 2.40. The van der Waals surface area contributed by atoms with E-state index in [-0.39, 0.29) is 18.0 Å². The summed E-state index contributed by atoms with van der Waals surface area (Å²) in [5, 5.41) is 0. The molecule has 23 heavy (non-hydrogen) atoms. The van der Waals surface area contributed by atoms with E-state index in [1.54, 1.807) is 0 Å². The van der Waals surface area contributed by atoms with E-state index >= 15 is 0 Å². The van der Waals surface area contributed by atoms with Crippen molar-refractivity contribution >= 4 is 5.97 Å². The van der Waals surface area contributed by atoms with Crippen molar-refractivity contribution in [2.24, 2.45) is 29.6 Å². The third-order valence-corrected chi connectivity index (χ3v) is 5.36. The van der Waals surface area contributed by atoms with Crippen molar-refractivity contribution in [3.8, 4) is 0 Å². The molecule has 0 saturated carbocycles. The first-order valence-electron chi connectivity index (χ1n) is 9.24. The molecule has 2 heteroatoms. The van der Waals surface area contributed by atoms with Crippen molar-refractivity contribution in [3.05, 3.63) is 36.0 Å². The van der Waals surface area contributed by atoms with Crippen LogP contribution in [0.15, 0.2) is 36.0 Å². The predicted octanol–water partition coefficient (Wildman–Crippen LogP) is 5.32. The third-order valence-electron chi connectivity index (χ3n) is 5.36. The molecule has 0 aromatic carbocycles. The Labute approximate surface area is 141 Å². The van der Waals surface area contributed by atoms with Gasteiger partial charge in [-0.2, -0.15) is 0 Å². The fourth-order valence-corrected chi connectivity index (χ4v) is 3.73. The molecule has 2 rings (SSSR count). The van der Waals surface area contributed by atoms with Crippen molar-refractivity contribution < 1.29 is 9.53 Å². The maximum absolute atomic E-state index is 12.3. The van der Waals surface area contributed by atoms with E-state index in [0.29, 0.717) is 23.7 Å². The molecule has 2 aliphatic rings. The molecule has 0 heterocycles. The molecule has 0 saturated heterocycles. The van der Waals surface area contributed by atoms with Gasteiger partial charge in [-0.05, 0) is 42.6 Å². The SMILES string of the molecule is CC/C=C/[C@@H]1[C@@H]2C(=CC(C)C[C@@H]2OC(=O)[C@@H](C)CC)C=C[C@@H]1C. The van der Waals surface area contributed by atoms with E-state index in [9.17, 15) is 4.79 Å². The number of carbonyl (C=O) groups is 1. The Morgan fingerprint density at radius 1 is 1.39 bits per heavy atom. The second-order valence-electron chi connectivity index (χ2n) is 7.32. The lowest BCUT2D eigenvalue weighted by Gasteiger charge is -2.42. The molecule has 0 amide bonds. The summed E-state index contributed by atoms with van der Waals surface area (Å²) in [6.07, 6.45) is 14.3. The average Bonchev–Trinajstić information content (AvgIpc) is 2.53. The lowest BCUT2D eigenvalue weighted by atomic mass is 9.66. The minimum Gasteiger partial charge on any atom is -0.461 e. The number of carbonyl (C=O) groups excluding carboxylic acids is 1. The lowest BCUT2D eigenvalue weighted by Crippen LogP contribution is -2.40. The number of allylic oxidation sites excluding steroid dienone is 5. The Morgan fingerprint density at radius 3 is 2.78 bits per heavy atom. The molecule has 6 atom stereocenters. The van der Waals surface area contributed by atoms with Gasteiger partial charge in [0.25, 0.3) is 0 Å². The maximum atomic E-state index is 12.3. The van der Waals surface area contributed by atoms with Crippen molar-refractivity contribution in [2.75, 3.05) is 0 Å². The van der Waals surface area contributed by atoms with Crippen molar-refractivity contribution in [1.82, 2.24) is 0 Å². The summed E-state index contributed by atoms with van der Waals surface area (Å²) in [7, 11) is 0. The number of rotatable bonds is 5. The van der Waals surface area contributed by atoms with Crippen LogP contribution in [0.3, 0.4) is 0 Å². The van der Waals surface area contributed by atoms with Crippen LogP contribution in [-0.4, -0.2) is 12.1 Å². The van der Waals surface area contributed by atoms with Gasteiger partial charge in [-0.25, -0.2) is 0 Å². The molecule has 0 radical (unpaired) electrons. The van der Waals surface area contributed by atoms with Gasteiger partial charge in [0, 0.05) is 5.92 Å². The zero-order valence-electron chi connectivity index (χ0n) is 15.3. The Hall–Kier alpha value is -1.31. The van der Waals surface area contributed by atoms with Gasteiger partial charge < -0.3 is 4.74 Å². The molecule has 128 valence electrons. The van der Waals surface area contributed by atoms with Gasteiger partial charge >= 0.3 is 5.97 Å². The Balaban J connectivity index is 2.27. The molecule has 0 aromatic heterocycles. The van der Waals surface area contributed by atoms with Crippen LogP contribution in [-0.2, 0) is 9.53 Å². The fourth-order valence-electron chi connectivity index (χ4n) is 3.73. The fraction of sp³-hybridized carbons (Fsp3) is 0.667. The largest absolute Gasteiger partial charge is 0.461 e. The van der Waals surface area contributed by atoms with Crippen LogP contribution in [0.25, 0.3) is 0 Å². The van der Waals surface area contributed by atoms with Crippen molar-refractivity contribution in [1.29, 1.82) is 0 Å². The number of esters is 1. The van der Waals surface area contributed by atoms with E-state index in [1.165, 1.54) is 5.57 Å². The first-order chi connectivity index (χ1) is 11.0. The second kappa shape index (κ2) is 7.99. The quantitative estimate of drug-likeness (QED) is 0.507. The molecular formula is C21H32O2. The highest BCUT2D eigenvalue weighted by Crippen LogP contribution is 2.43. The number of ether oxygens (including phenoxy) is 1. The number of hydrogen-bond acceptors (Lipinski definition) is 2. The molecule has 2 aliphatic carbocycles. The van der Waals surface area contributed by atoms with Crippen LogP contribution in [0.1, 0.15) is 53.9 Å². The minimum absolute atomic E-state index is 0.00501. The van der Waals surface area contributed by atoms with Crippen LogP contribution >= 0.6 is 0 Å². The summed E-state index contributed by atoms with van der Waals surface area (Å²) in [5.74, 6) is 1.63. The van der Waals surface area contributed by atoms with E-state index < -0.39 is 0 Å². The maximum Gasteiger partial charge on any atom is 0.308 e. The van der Waals surface area contributed by atoms with Crippen LogP contribution in [0.5, 0.6) is 0 Å². The summed E-state index contributed by atoms with van der Waals surface area (Å²) in [6, 6.07) is 0. The van der Waals surface area contributed by atoms with E-state index in [4.69, 9.17) is 4.74 Å². The number of fused-ring (bicyclic) bond motifs is 1. The standard InChI is InChI=1S/C21H32O2/c1-6-8-9-18-16(5)10-11-17-12-14(3)13-19(20(17)18)23-21(22)15(4)7-2/h8-12,14-16,18-20H,6-7,13H2,1-5H3/b9-8+/t14?,15-,16-,18-,19-,20-/m0/s1. The first-order valence-corrected chi connectivity index (χ1v) is 9.24. The van der Waals surface area contributed by atoms with Crippen LogP contribution in [0.4, 0.5) is 0 Å². The predicted molar refractivity (Wildman–Crippen MR) is 95.9 cm³/mol. The van der Waals surface area contributed by atoms with Gasteiger partial charge in [-0.15, -0.1) is 0 Å². The lowest BCUT2D eigenvalue weighted by molar-refractivity contribution is -0.157. The molecule has 2 nitrogen and oxygen atoms in total. The molecule has 0 aromatic rings. The minimum atomic E-state index is -0.0358. The summed E-state index contributed by atoms with van der Waals surface area (Å²) in [5.41, 5.74) is 1.36. The van der Waals surface area contributed by atoms with Crippen LogP contribution in [0, 0.1) is 29.6 Å². The van der Waals surface area contributed by atoms with Gasteiger partial charge in [-0.1, -0.05) is 65.0 Å². The van der Waals surface area contributed by atoms with Crippen LogP contribution < -0.4 is 0 Å². The summed E-state index contributed by atoms with van der Waals surface area (Å²) < 4.78 is 5.99. The zero-order valence-corrected chi connectivity index (χ0v) is 15.3. The number of hydrogen-bond donors (Lipinski definition) is 0. The summed E-state index contributed by atoms with van der Waals surface area (Å²) >= 11 is 0. The van der Waals surface area contributed by atoms with Gasteiger partial charge in [0.1, 0.15) is 6.10 Å². The zero-order chi connectivity index (χ0) is 17.0. The average molecular weight is 316 g/mol. The first kappa shape index (κ1) is 18.0. The molecule has 0 fully saturated rings. The third kappa shape index (κ3) is 4.16. The van der Waals surface area contributed by atoms with Crippen LogP contribution in [0.2, 0.25) is 0 Å². The molecule has 1 unspecified atom stereocenters. The normalized spacial score (nSPS) is 34.8. The van der Waals surface area contributed by atoms with E-state index in [1.807, 2.05) is 13.8 Å². The monoisotopic (exact) mass is 316 g/mol. The van der Waals surface area contributed by atoms with E-state index in [2.05, 4.69) is 51.2 Å². The van der Waals surface area contributed by atoms with Gasteiger partial charge in [-0.3, -0.25) is 4.79 Å². The molecule has 0 N–H and O–H groups in total. The molecule has 0 aliphatic heterocycles. The molecule has 0 bridgehead atoms. The van der Waals surface area contributed by atoms with Crippen molar-refractivity contribution in [2.45, 2.75) is 60.0 Å². The summed E-state index contributed by atoms with van der Waals surface area (Å²) in [6.45, 7) is 10.7. The Bertz CT molecular complexity index is 500. The molecule has 0 spiro atoms. The second-order valence-corrected chi connectivity index (χ2v) is 7.32. The topological polar surface area (TPSA) is 26.3 Å². The summed E-state index contributed by atoms with van der Waals surface area (Å²) in [4.78, 5) is 12.3.